The molecule has 2 saturated carbocycles. The molecule has 0 amide bonds. The molecule has 0 aliphatic heterocycles. The fourth-order valence-corrected chi connectivity index (χ4v) is 2.76. The van der Waals surface area contributed by atoms with E-state index in [1.165, 1.54) is 32.2 Å². The largest absolute Gasteiger partial charge is 0.383 e. The highest BCUT2D eigenvalue weighted by Crippen LogP contribution is 2.35. The quantitative estimate of drug-likeness (QED) is 0.888. The molecule has 0 saturated heterocycles. The molecule has 2 aliphatic rings. The fraction of sp³-hybridized carbons (Fsp3) is 0.643. The van der Waals surface area contributed by atoms with Crippen LogP contribution in [0.3, 0.4) is 0 Å². The highest BCUT2D eigenvalue weighted by atomic mass is 15.3. The van der Waals surface area contributed by atoms with Crippen molar-refractivity contribution < 1.29 is 0 Å². The van der Waals surface area contributed by atoms with Gasteiger partial charge in [-0.15, -0.1) is 0 Å². The van der Waals surface area contributed by atoms with Crippen molar-refractivity contribution in [3.05, 3.63) is 12.0 Å². The van der Waals surface area contributed by atoms with Gasteiger partial charge in [0.05, 0.1) is 18.1 Å². The molecule has 4 rings (SSSR count). The molecule has 2 aliphatic carbocycles. The zero-order chi connectivity index (χ0) is 13.7. The van der Waals surface area contributed by atoms with Crippen LogP contribution in [0.25, 0.3) is 11.0 Å². The van der Waals surface area contributed by atoms with Gasteiger partial charge >= 0.3 is 0 Å². The predicted molar refractivity (Wildman–Crippen MR) is 76.9 cm³/mol. The summed E-state index contributed by atoms with van der Waals surface area (Å²) in [7, 11) is 1.89. The van der Waals surface area contributed by atoms with Gasteiger partial charge in [-0.2, -0.15) is 5.10 Å². The van der Waals surface area contributed by atoms with E-state index in [9.17, 15) is 0 Å². The van der Waals surface area contributed by atoms with Crippen LogP contribution in [0, 0.1) is 5.92 Å². The van der Waals surface area contributed by atoms with E-state index < -0.39 is 0 Å². The lowest BCUT2D eigenvalue weighted by Gasteiger charge is -2.20. The van der Waals surface area contributed by atoms with E-state index in [0.717, 1.165) is 35.4 Å². The summed E-state index contributed by atoms with van der Waals surface area (Å²) < 4.78 is 1.76. The van der Waals surface area contributed by atoms with Crippen molar-refractivity contribution in [3.8, 4) is 0 Å². The Morgan fingerprint density at radius 3 is 2.80 bits per heavy atom. The number of fused-ring (bicyclic) bond motifs is 1. The molecule has 0 unspecified atom stereocenters. The Hall–Kier alpha value is -1.69. The number of hydrogen-bond donors (Lipinski definition) is 1. The Bertz CT molecular complexity index is 640. The monoisotopic (exact) mass is 272 g/mol. The first kappa shape index (κ1) is 12.1. The molecule has 2 heterocycles. The second-order valence-electron chi connectivity index (χ2n) is 6.13. The van der Waals surface area contributed by atoms with Crippen LogP contribution in [0.1, 0.15) is 31.5 Å². The van der Waals surface area contributed by atoms with Crippen molar-refractivity contribution in [3.63, 3.8) is 0 Å². The van der Waals surface area contributed by atoms with Crippen molar-refractivity contribution in [2.24, 2.45) is 13.0 Å². The van der Waals surface area contributed by atoms with Crippen LogP contribution < -0.4 is 5.73 Å². The molecule has 0 radical (unpaired) electrons. The number of aromatic nitrogens is 4. The molecule has 106 valence electrons. The number of hydrogen-bond acceptors (Lipinski definition) is 5. The minimum absolute atomic E-state index is 0.542. The number of nitrogen functional groups attached to an aromatic ring is 1. The fourth-order valence-electron chi connectivity index (χ4n) is 2.76. The summed E-state index contributed by atoms with van der Waals surface area (Å²) in [6.45, 7) is 2.00. The Balaban J connectivity index is 1.61. The van der Waals surface area contributed by atoms with Gasteiger partial charge in [0.1, 0.15) is 11.6 Å². The van der Waals surface area contributed by atoms with Crippen LogP contribution >= 0.6 is 0 Å². The molecule has 2 fully saturated rings. The van der Waals surface area contributed by atoms with E-state index in [2.05, 4.69) is 20.0 Å². The molecule has 0 spiro atoms. The van der Waals surface area contributed by atoms with E-state index in [1.54, 1.807) is 10.9 Å². The average molecular weight is 272 g/mol. The summed E-state index contributed by atoms with van der Waals surface area (Å²) in [5.74, 6) is 2.26. The Kier molecular flexibility index (Phi) is 2.66. The molecule has 20 heavy (non-hydrogen) atoms. The number of anilines is 1. The summed E-state index contributed by atoms with van der Waals surface area (Å²) in [6.07, 6.45) is 7.13. The molecule has 0 aromatic carbocycles. The zero-order valence-corrected chi connectivity index (χ0v) is 11.8. The van der Waals surface area contributed by atoms with Gasteiger partial charge in [-0.05, 0) is 31.6 Å². The van der Waals surface area contributed by atoms with Gasteiger partial charge < -0.3 is 5.73 Å². The number of rotatable bonds is 5. The second-order valence-corrected chi connectivity index (χ2v) is 6.13. The maximum Gasteiger partial charge on any atom is 0.163 e. The maximum absolute atomic E-state index is 6.03. The van der Waals surface area contributed by atoms with Crippen molar-refractivity contribution in [2.45, 2.75) is 38.3 Å². The van der Waals surface area contributed by atoms with Crippen LogP contribution in [-0.4, -0.2) is 37.2 Å². The number of nitrogens with two attached hydrogens (primary N) is 1. The van der Waals surface area contributed by atoms with Crippen LogP contribution in [0.4, 0.5) is 5.82 Å². The van der Waals surface area contributed by atoms with Gasteiger partial charge in [0.25, 0.3) is 0 Å². The lowest BCUT2D eigenvalue weighted by molar-refractivity contribution is 0.238. The van der Waals surface area contributed by atoms with Crippen LogP contribution in [0.2, 0.25) is 0 Å². The molecule has 6 heteroatoms. The van der Waals surface area contributed by atoms with Gasteiger partial charge in [-0.1, -0.05) is 0 Å². The molecular formula is C14H20N6. The predicted octanol–water partition coefficient (Wildman–Crippen LogP) is 1.32. The third-order valence-corrected chi connectivity index (χ3v) is 4.27. The molecule has 2 aromatic heterocycles. The third kappa shape index (κ3) is 2.24. The summed E-state index contributed by atoms with van der Waals surface area (Å²) in [4.78, 5) is 11.6. The second kappa shape index (κ2) is 4.41. The Morgan fingerprint density at radius 2 is 2.10 bits per heavy atom. The first-order chi connectivity index (χ1) is 9.70. The van der Waals surface area contributed by atoms with E-state index in [-0.39, 0.29) is 0 Å². The first-order valence-electron chi connectivity index (χ1n) is 7.39. The van der Waals surface area contributed by atoms with E-state index in [0.29, 0.717) is 5.82 Å². The molecule has 2 N–H and O–H groups in total. The summed E-state index contributed by atoms with van der Waals surface area (Å²) in [6, 6.07) is 0.739. The number of nitrogens with zero attached hydrogens (tertiary/aromatic N) is 5. The van der Waals surface area contributed by atoms with Crippen molar-refractivity contribution in [1.82, 2.24) is 24.6 Å². The van der Waals surface area contributed by atoms with Crippen LogP contribution in [-0.2, 0) is 13.6 Å². The topological polar surface area (TPSA) is 72.9 Å². The van der Waals surface area contributed by atoms with E-state index in [4.69, 9.17) is 5.73 Å². The zero-order valence-electron chi connectivity index (χ0n) is 11.8. The van der Waals surface area contributed by atoms with Gasteiger partial charge in [0, 0.05) is 19.6 Å². The first-order valence-corrected chi connectivity index (χ1v) is 7.39. The molecule has 0 bridgehead atoms. The molecule has 2 aromatic rings. The van der Waals surface area contributed by atoms with E-state index >= 15 is 0 Å². The van der Waals surface area contributed by atoms with Crippen LogP contribution in [0.15, 0.2) is 6.20 Å². The smallest absolute Gasteiger partial charge is 0.163 e. The lowest BCUT2D eigenvalue weighted by atomic mass is 10.3. The minimum atomic E-state index is 0.542. The summed E-state index contributed by atoms with van der Waals surface area (Å²) in [5.41, 5.74) is 6.86. The number of aryl methyl sites for hydroxylation is 1. The van der Waals surface area contributed by atoms with Gasteiger partial charge in [-0.25, -0.2) is 9.97 Å². The third-order valence-electron chi connectivity index (χ3n) is 4.27. The highest BCUT2D eigenvalue weighted by molar-refractivity contribution is 5.84. The SMILES string of the molecule is Cn1ncc2c(N)nc(CN(CC3CC3)C3CC3)nc21. The molecular weight excluding hydrogens is 252 g/mol. The van der Waals surface area contributed by atoms with Gasteiger partial charge in [-0.3, -0.25) is 9.58 Å². The van der Waals surface area contributed by atoms with Gasteiger partial charge in [0.15, 0.2) is 5.65 Å². The summed E-state index contributed by atoms with van der Waals surface area (Å²) >= 11 is 0. The maximum atomic E-state index is 6.03. The lowest BCUT2D eigenvalue weighted by Crippen LogP contribution is -2.29. The van der Waals surface area contributed by atoms with E-state index in [1.807, 2.05) is 7.05 Å². The molecule has 0 atom stereocenters. The van der Waals surface area contributed by atoms with Crippen molar-refractivity contribution in [2.75, 3.05) is 12.3 Å². The Labute approximate surface area is 118 Å². The standard InChI is InChI=1S/C14H20N6/c1-19-14-11(6-16-19)13(15)17-12(18-14)8-20(10-4-5-10)7-9-2-3-9/h6,9-10H,2-5,7-8H2,1H3,(H2,15,17,18). The van der Waals surface area contributed by atoms with Crippen molar-refractivity contribution >= 4 is 16.9 Å². The molecule has 6 nitrogen and oxygen atoms in total. The average Bonchev–Trinajstić information content (AvgIpc) is 3.31. The minimum Gasteiger partial charge on any atom is -0.383 e. The normalized spacial score (nSPS) is 19.1. The van der Waals surface area contributed by atoms with Crippen LogP contribution in [0.5, 0.6) is 0 Å². The Morgan fingerprint density at radius 1 is 1.30 bits per heavy atom. The van der Waals surface area contributed by atoms with Crippen molar-refractivity contribution in [1.29, 1.82) is 0 Å². The highest BCUT2D eigenvalue weighted by Gasteiger charge is 2.34. The summed E-state index contributed by atoms with van der Waals surface area (Å²) in [5, 5.41) is 5.05. The van der Waals surface area contributed by atoms with Gasteiger partial charge in [0.2, 0.25) is 0 Å².